The highest BCUT2D eigenvalue weighted by Crippen LogP contribution is 2.25. The van der Waals surface area contributed by atoms with E-state index in [-0.39, 0.29) is 17.0 Å². The predicted octanol–water partition coefficient (Wildman–Crippen LogP) is 3.54. The molecule has 0 unspecified atom stereocenters. The highest BCUT2D eigenvalue weighted by atomic mass is 32.2. The molecule has 0 radical (unpaired) electrons. The third-order valence-electron chi connectivity index (χ3n) is 3.97. The Bertz CT molecular complexity index is 683. The molecule has 6 nitrogen and oxygen atoms in total. The zero-order chi connectivity index (χ0) is 18.7. The van der Waals surface area contributed by atoms with E-state index in [0.29, 0.717) is 25.7 Å². The molecule has 1 aliphatic rings. The van der Waals surface area contributed by atoms with E-state index in [4.69, 9.17) is 8.92 Å². The summed E-state index contributed by atoms with van der Waals surface area (Å²) in [6.07, 6.45) is 1.67. The molecule has 1 aliphatic carbocycles. The number of rotatable bonds is 4. The normalized spacial score (nSPS) is 21.6. The number of amides is 1. The van der Waals surface area contributed by atoms with Crippen molar-refractivity contribution in [3.63, 3.8) is 0 Å². The monoisotopic (exact) mass is 369 g/mol. The second kappa shape index (κ2) is 7.74. The van der Waals surface area contributed by atoms with Gasteiger partial charge in [0.05, 0.1) is 11.0 Å². The number of carbonyl (C=O) groups excluding carboxylic acids is 1. The Hall–Kier alpha value is -1.60. The SMILES string of the molecule is Cc1ccc(S(=O)(=O)OC2CCC(NC(=O)OC(C)(C)C)CC2)cc1. The zero-order valence-corrected chi connectivity index (χ0v) is 16.1. The molecule has 0 bridgehead atoms. The fourth-order valence-corrected chi connectivity index (χ4v) is 3.85. The van der Waals surface area contributed by atoms with E-state index in [0.717, 1.165) is 5.56 Å². The van der Waals surface area contributed by atoms with Crippen LogP contribution in [-0.2, 0) is 19.0 Å². The molecule has 0 saturated heterocycles. The van der Waals surface area contributed by atoms with Crippen LogP contribution in [0, 0.1) is 6.92 Å². The van der Waals surface area contributed by atoms with Crippen molar-refractivity contribution in [3.05, 3.63) is 29.8 Å². The topological polar surface area (TPSA) is 81.7 Å². The lowest BCUT2D eigenvalue weighted by molar-refractivity contribution is 0.0472. The zero-order valence-electron chi connectivity index (χ0n) is 15.2. The molecule has 1 aromatic carbocycles. The molecule has 0 aliphatic heterocycles. The number of aryl methyl sites for hydroxylation is 1. The van der Waals surface area contributed by atoms with Crippen molar-refractivity contribution in [2.75, 3.05) is 0 Å². The van der Waals surface area contributed by atoms with Crippen LogP contribution in [0.4, 0.5) is 4.79 Å². The summed E-state index contributed by atoms with van der Waals surface area (Å²) in [5.74, 6) is 0. The summed E-state index contributed by atoms with van der Waals surface area (Å²) in [6.45, 7) is 7.34. The molecule has 7 heteroatoms. The molecular weight excluding hydrogens is 342 g/mol. The molecule has 1 saturated carbocycles. The van der Waals surface area contributed by atoms with Crippen LogP contribution < -0.4 is 5.32 Å². The molecule has 25 heavy (non-hydrogen) atoms. The van der Waals surface area contributed by atoms with Gasteiger partial charge in [-0.1, -0.05) is 17.7 Å². The summed E-state index contributed by atoms with van der Waals surface area (Å²) in [5, 5.41) is 2.83. The smallest absolute Gasteiger partial charge is 0.407 e. The number of alkyl carbamates (subject to hydrolysis) is 1. The fraction of sp³-hybridized carbons (Fsp3) is 0.611. The largest absolute Gasteiger partial charge is 0.444 e. The molecule has 0 heterocycles. The Morgan fingerprint density at radius 1 is 1.08 bits per heavy atom. The Kier molecular flexibility index (Phi) is 6.11. The van der Waals surface area contributed by atoms with Gasteiger partial charge in [0, 0.05) is 6.04 Å². The van der Waals surface area contributed by atoms with Crippen molar-refractivity contribution in [3.8, 4) is 0 Å². The first-order valence-corrected chi connectivity index (χ1v) is 9.95. The third-order valence-corrected chi connectivity index (χ3v) is 5.34. The van der Waals surface area contributed by atoms with Crippen LogP contribution in [0.3, 0.4) is 0 Å². The van der Waals surface area contributed by atoms with E-state index >= 15 is 0 Å². The second-order valence-corrected chi connectivity index (χ2v) is 9.06. The minimum Gasteiger partial charge on any atom is -0.444 e. The van der Waals surface area contributed by atoms with Gasteiger partial charge < -0.3 is 10.1 Å². The van der Waals surface area contributed by atoms with Gasteiger partial charge in [-0.05, 0) is 65.5 Å². The summed E-state index contributed by atoms with van der Waals surface area (Å²) in [6, 6.07) is 6.59. The van der Waals surface area contributed by atoms with Crippen LogP contribution in [0.25, 0.3) is 0 Å². The van der Waals surface area contributed by atoms with Crippen molar-refractivity contribution >= 4 is 16.2 Å². The van der Waals surface area contributed by atoms with Gasteiger partial charge in [0.25, 0.3) is 10.1 Å². The molecule has 140 valence electrons. The van der Waals surface area contributed by atoms with Gasteiger partial charge in [0.1, 0.15) is 5.60 Å². The Morgan fingerprint density at radius 3 is 2.16 bits per heavy atom. The van der Waals surface area contributed by atoms with E-state index in [1.54, 1.807) is 24.3 Å². The number of carbonyl (C=O) groups is 1. The molecule has 2 rings (SSSR count). The summed E-state index contributed by atoms with van der Waals surface area (Å²) in [7, 11) is -3.75. The summed E-state index contributed by atoms with van der Waals surface area (Å²) < 4.78 is 35.2. The summed E-state index contributed by atoms with van der Waals surface area (Å²) in [4.78, 5) is 12.0. The number of hydrogen-bond acceptors (Lipinski definition) is 5. The van der Waals surface area contributed by atoms with Gasteiger partial charge in [0.2, 0.25) is 0 Å². The molecule has 1 fully saturated rings. The van der Waals surface area contributed by atoms with Crippen LogP contribution in [0.5, 0.6) is 0 Å². The average Bonchev–Trinajstić information content (AvgIpc) is 2.47. The Labute approximate surface area is 150 Å². The van der Waals surface area contributed by atoms with Gasteiger partial charge in [-0.25, -0.2) is 4.79 Å². The minimum absolute atomic E-state index is 0.0169. The van der Waals surface area contributed by atoms with Gasteiger partial charge in [-0.15, -0.1) is 0 Å². The van der Waals surface area contributed by atoms with E-state index in [9.17, 15) is 13.2 Å². The van der Waals surface area contributed by atoms with Crippen molar-refractivity contribution in [1.29, 1.82) is 0 Å². The quantitative estimate of drug-likeness (QED) is 0.821. The van der Waals surface area contributed by atoms with Crippen LogP contribution in [0.15, 0.2) is 29.2 Å². The third kappa shape index (κ3) is 6.32. The van der Waals surface area contributed by atoms with Gasteiger partial charge in [-0.3, -0.25) is 4.18 Å². The standard InChI is InChI=1S/C18H27NO5S/c1-13-5-11-16(12-6-13)25(21,22)24-15-9-7-14(8-10-15)19-17(20)23-18(2,3)4/h5-6,11-12,14-15H,7-10H2,1-4H3,(H,19,20). The van der Waals surface area contributed by atoms with Gasteiger partial charge in [0.15, 0.2) is 0 Å². The molecule has 0 atom stereocenters. The van der Waals surface area contributed by atoms with Crippen LogP contribution in [0.1, 0.15) is 52.0 Å². The highest BCUT2D eigenvalue weighted by Gasteiger charge is 2.28. The first-order valence-electron chi connectivity index (χ1n) is 8.55. The van der Waals surface area contributed by atoms with Crippen LogP contribution in [0.2, 0.25) is 0 Å². The molecule has 1 N–H and O–H groups in total. The lowest BCUT2D eigenvalue weighted by Crippen LogP contribution is -2.42. The van der Waals surface area contributed by atoms with E-state index < -0.39 is 21.8 Å². The fourth-order valence-electron chi connectivity index (χ4n) is 2.72. The minimum atomic E-state index is -3.75. The molecular formula is C18H27NO5S. The van der Waals surface area contributed by atoms with Crippen molar-refractivity contribution in [1.82, 2.24) is 5.32 Å². The first kappa shape index (κ1) is 19.7. The van der Waals surface area contributed by atoms with Gasteiger partial charge in [-0.2, -0.15) is 8.42 Å². The molecule has 0 spiro atoms. The number of nitrogens with one attached hydrogen (secondary N) is 1. The Balaban J connectivity index is 1.84. The average molecular weight is 369 g/mol. The highest BCUT2D eigenvalue weighted by molar-refractivity contribution is 7.86. The van der Waals surface area contributed by atoms with E-state index in [1.165, 1.54) is 0 Å². The molecule has 0 aromatic heterocycles. The van der Waals surface area contributed by atoms with Crippen molar-refractivity contribution in [2.24, 2.45) is 0 Å². The summed E-state index contributed by atoms with van der Waals surface area (Å²) >= 11 is 0. The molecule has 1 aromatic rings. The van der Waals surface area contributed by atoms with Crippen molar-refractivity contribution < 1.29 is 22.1 Å². The molecule has 1 amide bonds. The first-order chi connectivity index (χ1) is 11.5. The van der Waals surface area contributed by atoms with Crippen molar-refractivity contribution in [2.45, 2.75) is 76.0 Å². The van der Waals surface area contributed by atoms with E-state index in [1.807, 2.05) is 27.7 Å². The maximum atomic E-state index is 12.3. The lowest BCUT2D eigenvalue weighted by atomic mass is 9.93. The lowest BCUT2D eigenvalue weighted by Gasteiger charge is -2.29. The van der Waals surface area contributed by atoms with Crippen LogP contribution >= 0.6 is 0 Å². The van der Waals surface area contributed by atoms with E-state index in [2.05, 4.69) is 5.32 Å². The number of benzene rings is 1. The summed E-state index contributed by atoms with van der Waals surface area (Å²) in [5.41, 5.74) is 0.458. The number of ether oxygens (including phenoxy) is 1. The van der Waals surface area contributed by atoms with Crippen LogP contribution in [-0.4, -0.2) is 32.3 Å². The maximum Gasteiger partial charge on any atom is 0.407 e. The second-order valence-electron chi connectivity index (χ2n) is 7.48. The Morgan fingerprint density at radius 2 is 1.64 bits per heavy atom. The van der Waals surface area contributed by atoms with Gasteiger partial charge >= 0.3 is 6.09 Å². The maximum absolute atomic E-state index is 12.3. The number of hydrogen-bond donors (Lipinski definition) is 1. The predicted molar refractivity (Wildman–Crippen MR) is 94.9 cm³/mol.